The molecule has 21 heavy (non-hydrogen) atoms. The van der Waals surface area contributed by atoms with E-state index in [0.717, 1.165) is 37.9 Å². The third kappa shape index (κ3) is 6.76. The molecule has 1 amide bonds. The van der Waals surface area contributed by atoms with E-state index in [1.807, 2.05) is 25.5 Å². The number of hydrogen-bond acceptors (Lipinski definition) is 3. The molecule has 0 bridgehead atoms. The second-order valence-electron chi connectivity index (χ2n) is 6.10. The van der Waals surface area contributed by atoms with Gasteiger partial charge in [0.1, 0.15) is 0 Å². The Bertz CT molecular complexity index is 439. The van der Waals surface area contributed by atoms with Gasteiger partial charge in [0.2, 0.25) is 5.91 Å². The summed E-state index contributed by atoms with van der Waals surface area (Å²) in [7, 11) is 0. The highest BCUT2D eigenvalue weighted by molar-refractivity contribution is 5.78. The van der Waals surface area contributed by atoms with Crippen LogP contribution in [0.1, 0.15) is 50.9 Å². The summed E-state index contributed by atoms with van der Waals surface area (Å²) in [4.78, 5) is 11.9. The minimum absolute atomic E-state index is 0.0671. The highest BCUT2D eigenvalue weighted by atomic mass is 16.1. The minimum atomic E-state index is 0.0671. The summed E-state index contributed by atoms with van der Waals surface area (Å²) in [6.45, 7) is 9.59. The average Bonchev–Trinajstić information content (AvgIpc) is 2.72. The zero-order valence-corrected chi connectivity index (χ0v) is 13.9. The first-order valence-electron chi connectivity index (χ1n) is 7.94. The topological polar surface area (TPSA) is 72.9 Å². The number of nitrogens with two attached hydrogens (primary N) is 1. The van der Waals surface area contributed by atoms with E-state index in [1.54, 1.807) is 0 Å². The van der Waals surface area contributed by atoms with Gasteiger partial charge in [0.05, 0.1) is 5.69 Å². The Hall–Kier alpha value is -1.36. The molecular formula is C16H30N4O. The Balaban J connectivity index is 2.16. The Morgan fingerprint density at radius 2 is 2.05 bits per heavy atom. The number of hydrogen-bond donors (Lipinski definition) is 2. The SMILES string of the molecule is Cc1cc(C)n(CCCNC(=O)C(C)CCCC(C)N)n1. The zero-order valence-electron chi connectivity index (χ0n) is 13.9. The maximum atomic E-state index is 11.9. The predicted molar refractivity (Wildman–Crippen MR) is 86.0 cm³/mol. The molecule has 0 fully saturated rings. The number of carbonyl (C=O) groups is 1. The molecule has 1 aromatic rings. The standard InChI is InChI=1S/C16H30N4O/c1-12(7-5-8-13(2)17)16(21)18-9-6-10-20-15(4)11-14(3)19-20/h11-13H,5-10,17H2,1-4H3,(H,18,21). The van der Waals surface area contributed by atoms with Gasteiger partial charge in [-0.15, -0.1) is 0 Å². The summed E-state index contributed by atoms with van der Waals surface area (Å²) in [5.41, 5.74) is 7.92. The molecule has 0 spiro atoms. The summed E-state index contributed by atoms with van der Waals surface area (Å²) < 4.78 is 1.99. The van der Waals surface area contributed by atoms with E-state index in [1.165, 1.54) is 5.69 Å². The number of carbonyl (C=O) groups excluding carboxylic acids is 1. The Morgan fingerprint density at radius 1 is 1.33 bits per heavy atom. The fourth-order valence-corrected chi connectivity index (χ4v) is 2.39. The van der Waals surface area contributed by atoms with E-state index in [9.17, 15) is 4.79 Å². The number of aromatic nitrogens is 2. The molecule has 0 aromatic carbocycles. The molecule has 1 aromatic heterocycles. The van der Waals surface area contributed by atoms with Crippen molar-refractivity contribution < 1.29 is 4.79 Å². The zero-order chi connectivity index (χ0) is 15.8. The molecule has 0 aliphatic carbocycles. The summed E-state index contributed by atoms with van der Waals surface area (Å²) in [5.74, 6) is 0.213. The van der Waals surface area contributed by atoms with Crippen molar-refractivity contribution in [2.75, 3.05) is 6.54 Å². The first-order valence-corrected chi connectivity index (χ1v) is 7.94. The summed E-state index contributed by atoms with van der Waals surface area (Å²) >= 11 is 0. The van der Waals surface area contributed by atoms with Crippen LogP contribution in [0.5, 0.6) is 0 Å². The predicted octanol–water partition coefficient (Wildman–Crippen LogP) is 2.16. The Morgan fingerprint density at radius 3 is 2.62 bits per heavy atom. The highest BCUT2D eigenvalue weighted by Crippen LogP contribution is 2.09. The summed E-state index contributed by atoms with van der Waals surface area (Å²) in [6, 6.07) is 2.29. The van der Waals surface area contributed by atoms with Gasteiger partial charge in [-0.05, 0) is 46.1 Å². The quantitative estimate of drug-likeness (QED) is 0.685. The number of amides is 1. The maximum Gasteiger partial charge on any atom is 0.222 e. The van der Waals surface area contributed by atoms with Gasteiger partial charge in [-0.3, -0.25) is 9.48 Å². The minimum Gasteiger partial charge on any atom is -0.356 e. The van der Waals surface area contributed by atoms with Crippen molar-refractivity contribution in [1.29, 1.82) is 0 Å². The van der Waals surface area contributed by atoms with Crippen LogP contribution in [0.15, 0.2) is 6.07 Å². The van der Waals surface area contributed by atoms with Crippen LogP contribution >= 0.6 is 0 Å². The molecule has 0 aliphatic heterocycles. The van der Waals surface area contributed by atoms with Crippen LogP contribution < -0.4 is 11.1 Å². The second kappa shape index (κ2) is 8.82. The van der Waals surface area contributed by atoms with E-state index in [4.69, 9.17) is 5.73 Å². The van der Waals surface area contributed by atoms with Gasteiger partial charge in [-0.2, -0.15) is 5.10 Å². The van der Waals surface area contributed by atoms with Gasteiger partial charge < -0.3 is 11.1 Å². The fourth-order valence-electron chi connectivity index (χ4n) is 2.39. The van der Waals surface area contributed by atoms with Gasteiger partial charge in [-0.1, -0.05) is 13.3 Å². The van der Waals surface area contributed by atoms with Crippen LogP contribution in [0.4, 0.5) is 0 Å². The second-order valence-corrected chi connectivity index (χ2v) is 6.10. The molecule has 2 unspecified atom stereocenters. The van der Waals surface area contributed by atoms with Crippen LogP contribution in [0.2, 0.25) is 0 Å². The fraction of sp³-hybridized carbons (Fsp3) is 0.750. The number of nitrogens with one attached hydrogen (secondary N) is 1. The van der Waals surface area contributed by atoms with Crippen LogP contribution in [0.3, 0.4) is 0 Å². The van der Waals surface area contributed by atoms with Crippen LogP contribution in [0.25, 0.3) is 0 Å². The number of nitrogens with zero attached hydrogens (tertiary/aromatic N) is 2. The van der Waals surface area contributed by atoms with Gasteiger partial charge in [0.15, 0.2) is 0 Å². The van der Waals surface area contributed by atoms with E-state index in [2.05, 4.69) is 23.4 Å². The smallest absolute Gasteiger partial charge is 0.222 e. The molecule has 5 heteroatoms. The molecule has 1 rings (SSSR count). The van der Waals surface area contributed by atoms with Crippen molar-refractivity contribution >= 4 is 5.91 Å². The van der Waals surface area contributed by atoms with Crippen molar-refractivity contribution in [1.82, 2.24) is 15.1 Å². The Kier molecular flexibility index (Phi) is 7.43. The molecule has 0 radical (unpaired) electrons. The van der Waals surface area contributed by atoms with E-state index in [0.29, 0.717) is 6.54 Å². The van der Waals surface area contributed by atoms with Crippen LogP contribution in [-0.4, -0.2) is 28.3 Å². The highest BCUT2D eigenvalue weighted by Gasteiger charge is 2.12. The van der Waals surface area contributed by atoms with Gasteiger partial charge in [0.25, 0.3) is 0 Å². The molecule has 0 saturated heterocycles. The lowest BCUT2D eigenvalue weighted by Gasteiger charge is -2.13. The molecule has 3 N–H and O–H groups in total. The third-order valence-electron chi connectivity index (χ3n) is 3.69. The van der Waals surface area contributed by atoms with E-state index >= 15 is 0 Å². The monoisotopic (exact) mass is 294 g/mol. The van der Waals surface area contributed by atoms with Crippen molar-refractivity contribution in [3.63, 3.8) is 0 Å². The lowest BCUT2D eigenvalue weighted by Crippen LogP contribution is -2.30. The maximum absolute atomic E-state index is 11.9. The van der Waals surface area contributed by atoms with Crippen LogP contribution in [0, 0.1) is 19.8 Å². The molecule has 120 valence electrons. The van der Waals surface area contributed by atoms with E-state index < -0.39 is 0 Å². The first-order chi connectivity index (χ1) is 9.90. The normalized spacial score (nSPS) is 14.0. The van der Waals surface area contributed by atoms with Crippen molar-refractivity contribution in [2.24, 2.45) is 11.7 Å². The van der Waals surface area contributed by atoms with Gasteiger partial charge >= 0.3 is 0 Å². The third-order valence-corrected chi connectivity index (χ3v) is 3.69. The Labute approximate surface area is 128 Å². The van der Waals surface area contributed by atoms with Gasteiger partial charge in [0, 0.05) is 30.7 Å². The van der Waals surface area contributed by atoms with Crippen molar-refractivity contribution in [3.05, 3.63) is 17.5 Å². The lowest BCUT2D eigenvalue weighted by molar-refractivity contribution is -0.124. The van der Waals surface area contributed by atoms with Crippen LogP contribution in [-0.2, 0) is 11.3 Å². The molecule has 5 nitrogen and oxygen atoms in total. The molecule has 2 atom stereocenters. The molecule has 1 heterocycles. The molecule has 0 saturated carbocycles. The average molecular weight is 294 g/mol. The van der Waals surface area contributed by atoms with Crippen molar-refractivity contribution in [3.8, 4) is 0 Å². The molecule has 0 aliphatic rings. The van der Waals surface area contributed by atoms with Gasteiger partial charge in [-0.25, -0.2) is 0 Å². The molecular weight excluding hydrogens is 264 g/mol. The number of rotatable bonds is 9. The van der Waals surface area contributed by atoms with Crippen molar-refractivity contribution in [2.45, 2.75) is 66.0 Å². The lowest BCUT2D eigenvalue weighted by atomic mass is 10.0. The van der Waals surface area contributed by atoms with E-state index in [-0.39, 0.29) is 17.9 Å². The summed E-state index contributed by atoms with van der Waals surface area (Å²) in [6.07, 6.45) is 3.80. The largest absolute Gasteiger partial charge is 0.356 e. The summed E-state index contributed by atoms with van der Waals surface area (Å²) in [5, 5.41) is 7.42. The number of aryl methyl sites for hydroxylation is 3. The first kappa shape index (κ1) is 17.7.